The number of nitrogens with zero attached hydrogens (tertiary/aromatic N) is 1. The van der Waals surface area contributed by atoms with E-state index >= 15 is 0 Å². The van der Waals surface area contributed by atoms with E-state index in [4.69, 9.17) is 15.2 Å². The fourth-order valence-corrected chi connectivity index (χ4v) is 2.01. The quantitative estimate of drug-likeness (QED) is 0.736. The highest BCUT2D eigenvalue weighted by atomic mass is 16.5. The Kier molecular flexibility index (Phi) is 3.13. The molecule has 0 aliphatic carbocycles. The smallest absolute Gasteiger partial charge is 0.154 e. The monoisotopic (exact) mass is 266 g/mol. The first-order chi connectivity index (χ1) is 9.78. The molecule has 0 radical (unpaired) electrons. The molecular formula is C16H14N2O2. The lowest BCUT2D eigenvalue weighted by atomic mass is 10.2. The Bertz CT molecular complexity index is 751. The second-order valence-electron chi connectivity index (χ2n) is 4.33. The molecule has 0 spiro atoms. The van der Waals surface area contributed by atoms with Gasteiger partial charge in [-0.2, -0.15) is 0 Å². The first-order valence-corrected chi connectivity index (χ1v) is 6.23. The van der Waals surface area contributed by atoms with Gasteiger partial charge in [-0.05, 0) is 30.3 Å². The highest BCUT2D eigenvalue weighted by molar-refractivity contribution is 5.85. The maximum atomic E-state index is 5.94. The van der Waals surface area contributed by atoms with Crippen LogP contribution < -0.4 is 15.2 Å². The van der Waals surface area contributed by atoms with Crippen LogP contribution in [0, 0.1) is 0 Å². The Morgan fingerprint density at radius 1 is 1.00 bits per heavy atom. The summed E-state index contributed by atoms with van der Waals surface area (Å²) in [6.07, 6.45) is 1.72. The number of hydrogen-bond donors (Lipinski definition) is 1. The number of hydrogen-bond acceptors (Lipinski definition) is 4. The van der Waals surface area contributed by atoms with E-state index in [1.54, 1.807) is 31.5 Å². The highest BCUT2D eigenvalue weighted by Gasteiger charge is 2.07. The van der Waals surface area contributed by atoms with Gasteiger partial charge in [-0.25, -0.2) is 0 Å². The van der Waals surface area contributed by atoms with E-state index in [0.29, 0.717) is 17.2 Å². The zero-order valence-electron chi connectivity index (χ0n) is 11.0. The summed E-state index contributed by atoms with van der Waals surface area (Å²) in [7, 11) is 1.61. The minimum atomic E-state index is 0.562. The second kappa shape index (κ2) is 5.09. The predicted octanol–water partition coefficient (Wildman–Crippen LogP) is 3.62. The molecule has 0 aliphatic heterocycles. The molecule has 0 fully saturated rings. The molecule has 100 valence electrons. The van der Waals surface area contributed by atoms with Crippen molar-refractivity contribution in [3.8, 4) is 17.2 Å². The van der Waals surface area contributed by atoms with Crippen LogP contribution in [0.2, 0.25) is 0 Å². The number of ether oxygens (including phenoxy) is 2. The van der Waals surface area contributed by atoms with Crippen LogP contribution in [-0.2, 0) is 0 Å². The molecule has 0 unspecified atom stereocenters. The molecule has 3 rings (SSSR count). The average Bonchev–Trinajstić information content (AvgIpc) is 2.50. The molecule has 4 nitrogen and oxygen atoms in total. The van der Waals surface area contributed by atoms with Gasteiger partial charge in [0.1, 0.15) is 11.5 Å². The van der Waals surface area contributed by atoms with Crippen molar-refractivity contribution in [3.63, 3.8) is 0 Å². The third kappa shape index (κ3) is 2.23. The van der Waals surface area contributed by atoms with Crippen molar-refractivity contribution in [1.82, 2.24) is 4.98 Å². The van der Waals surface area contributed by atoms with Gasteiger partial charge in [0, 0.05) is 17.6 Å². The van der Waals surface area contributed by atoms with Crippen LogP contribution in [0.5, 0.6) is 17.2 Å². The van der Waals surface area contributed by atoms with Gasteiger partial charge in [0.05, 0.1) is 18.3 Å². The van der Waals surface area contributed by atoms with Gasteiger partial charge in [-0.1, -0.05) is 12.1 Å². The summed E-state index contributed by atoms with van der Waals surface area (Å²) in [4.78, 5) is 4.30. The van der Waals surface area contributed by atoms with Crippen molar-refractivity contribution in [2.24, 2.45) is 0 Å². The van der Waals surface area contributed by atoms with Crippen molar-refractivity contribution in [3.05, 3.63) is 54.7 Å². The van der Waals surface area contributed by atoms with Crippen LogP contribution in [0.4, 0.5) is 5.69 Å². The van der Waals surface area contributed by atoms with Crippen LogP contribution in [0.25, 0.3) is 10.9 Å². The van der Waals surface area contributed by atoms with Gasteiger partial charge in [0.25, 0.3) is 0 Å². The van der Waals surface area contributed by atoms with Crippen LogP contribution >= 0.6 is 0 Å². The first kappa shape index (κ1) is 12.3. The van der Waals surface area contributed by atoms with Crippen molar-refractivity contribution >= 4 is 16.6 Å². The Balaban J connectivity index is 2.05. The minimum absolute atomic E-state index is 0.562. The number of benzene rings is 2. The van der Waals surface area contributed by atoms with Crippen LogP contribution in [0.3, 0.4) is 0 Å². The molecule has 3 aromatic rings. The number of methoxy groups -OCH3 is 1. The van der Waals surface area contributed by atoms with E-state index < -0.39 is 0 Å². The van der Waals surface area contributed by atoms with E-state index in [1.807, 2.05) is 30.3 Å². The lowest BCUT2D eigenvalue weighted by Crippen LogP contribution is -1.94. The van der Waals surface area contributed by atoms with Crippen LogP contribution in [0.1, 0.15) is 0 Å². The fourth-order valence-electron chi connectivity index (χ4n) is 2.01. The van der Waals surface area contributed by atoms with Gasteiger partial charge in [-0.15, -0.1) is 0 Å². The Morgan fingerprint density at radius 3 is 2.70 bits per heavy atom. The van der Waals surface area contributed by atoms with Crippen molar-refractivity contribution in [1.29, 1.82) is 0 Å². The molecule has 2 N–H and O–H groups in total. The number of pyridine rings is 1. The number of nitrogen functional groups attached to an aromatic ring is 1. The number of para-hydroxylation sites is 1. The molecule has 0 aliphatic rings. The summed E-state index contributed by atoms with van der Waals surface area (Å²) < 4.78 is 11.1. The molecule has 0 saturated carbocycles. The summed E-state index contributed by atoms with van der Waals surface area (Å²) in [6.45, 7) is 0. The van der Waals surface area contributed by atoms with Crippen molar-refractivity contribution in [2.75, 3.05) is 12.8 Å². The third-order valence-corrected chi connectivity index (χ3v) is 3.05. The largest absolute Gasteiger partial charge is 0.497 e. The van der Waals surface area contributed by atoms with E-state index in [2.05, 4.69) is 4.98 Å². The predicted molar refractivity (Wildman–Crippen MR) is 79.2 cm³/mol. The Labute approximate surface area is 116 Å². The molecule has 20 heavy (non-hydrogen) atoms. The molecule has 2 aromatic carbocycles. The standard InChI is InChI=1S/C16H14N2O2/c1-19-11-6-7-13(17)16(10-11)20-15-8-9-18-14-5-3-2-4-12(14)15/h2-10H,17H2,1H3. The summed E-state index contributed by atoms with van der Waals surface area (Å²) in [6, 6.07) is 15.0. The van der Waals surface area contributed by atoms with Crippen molar-refractivity contribution < 1.29 is 9.47 Å². The fraction of sp³-hybridized carbons (Fsp3) is 0.0625. The number of rotatable bonds is 3. The summed E-state index contributed by atoms with van der Waals surface area (Å²) in [5, 5.41) is 0.942. The van der Waals surface area contributed by atoms with Gasteiger partial charge in [0.15, 0.2) is 5.75 Å². The highest BCUT2D eigenvalue weighted by Crippen LogP contribution is 2.34. The molecule has 0 saturated heterocycles. The zero-order chi connectivity index (χ0) is 13.9. The molecule has 4 heteroatoms. The number of fused-ring (bicyclic) bond motifs is 1. The van der Waals surface area contributed by atoms with E-state index in [-0.39, 0.29) is 0 Å². The van der Waals surface area contributed by atoms with Gasteiger partial charge < -0.3 is 15.2 Å². The van der Waals surface area contributed by atoms with E-state index in [1.165, 1.54) is 0 Å². The average molecular weight is 266 g/mol. The summed E-state index contributed by atoms with van der Waals surface area (Å²) >= 11 is 0. The number of aromatic nitrogens is 1. The molecule has 1 heterocycles. The molecule has 0 amide bonds. The zero-order valence-corrected chi connectivity index (χ0v) is 11.0. The third-order valence-electron chi connectivity index (χ3n) is 3.05. The lowest BCUT2D eigenvalue weighted by Gasteiger charge is -2.11. The van der Waals surface area contributed by atoms with Gasteiger partial charge in [-0.3, -0.25) is 4.98 Å². The lowest BCUT2D eigenvalue weighted by molar-refractivity contribution is 0.409. The van der Waals surface area contributed by atoms with Crippen LogP contribution in [0.15, 0.2) is 54.7 Å². The Hall–Kier alpha value is -2.75. The van der Waals surface area contributed by atoms with Crippen LogP contribution in [-0.4, -0.2) is 12.1 Å². The van der Waals surface area contributed by atoms with Gasteiger partial charge >= 0.3 is 0 Å². The molecule has 0 bridgehead atoms. The van der Waals surface area contributed by atoms with Gasteiger partial charge in [0.2, 0.25) is 0 Å². The normalized spacial score (nSPS) is 10.4. The number of anilines is 1. The maximum Gasteiger partial charge on any atom is 0.154 e. The SMILES string of the molecule is COc1ccc(N)c(Oc2ccnc3ccccc23)c1. The topological polar surface area (TPSA) is 57.4 Å². The second-order valence-corrected chi connectivity index (χ2v) is 4.33. The molecular weight excluding hydrogens is 252 g/mol. The van der Waals surface area contributed by atoms with E-state index in [0.717, 1.165) is 16.7 Å². The summed E-state index contributed by atoms with van der Waals surface area (Å²) in [5.74, 6) is 1.99. The first-order valence-electron chi connectivity index (χ1n) is 6.23. The molecule has 1 aromatic heterocycles. The van der Waals surface area contributed by atoms with E-state index in [9.17, 15) is 0 Å². The molecule has 0 atom stereocenters. The summed E-state index contributed by atoms with van der Waals surface area (Å²) in [5.41, 5.74) is 7.38. The minimum Gasteiger partial charge on any atom is -0.497 e. The van der Waals surface area contributed by atoms with Crippen molar-refractivity contribution in [2.45, 2.75) is 0 Å². The maximum absolute atomic E-state index is 5.94. The number of nitrogens with two attached hydrogens (primary N) is 1. The Morgan fingerprint density at radius 2 is 1.85 bits per heavy atom.